The number of likely N-dealkylation sites (tertiary alicyclic amines) is 1. The highest BCUT2D eigenvalue weighted by Crippen LogP contribution is 2.53. The van der Waals surface area contributed by atoms with Crippen LogP contribution in [-0.2, 0) is 9.53 Å². The summed E-state index contributed by atoms with van der Waals surface area (Å²) in [5.74, 6) is 1.54. The van der Waals surface area contributed by atoms with Gasteiger partial charge in [0.2, 0.25) is 5.91 Å². The fourth-order valence-corrected chi connectivity index (χ4v) is 5.64. The highest BCUT2D eigenvalue weighted by molar-refractivity contribution is 5.92. The van der Waals surface area contributed by atoms with Crippen molar-refractivity contribution >= 4 is 22.8 Å². The number of anilines is 1. The molecule has 7 nitrogen and oxygen atoms in total. The van der Waals surface area contributed by atoms with Crippen LogP contribution in [0.2, 0.25) is 0 Å². The number of amides is 1. The summed E-state index contributed by atoms with van der Waals surface area (Å²) in [5.41, 5.74) is 2.28. The van der Waals surface area contributed by atoms with E-state index < -0.39 is 0 Å². The first kappa shape index (κ1) is 18.6. The highest BCUT2D eigenvalue weighted by atomic mass is 16.5. The second-order valence-electron chi connectivity index (χ2n) is 9.43. The summed E-state index contributed by atoms with van der Waals surface area (Å²) < 4.78 is 5.56. The Bertz CT molecular complexity index is 945. The maximum Gasteiger partial charge on any atom is 0.245 e. The second kappa shape index (κ2) is 6.55. The Balaban J connectivity index is 1.49. The molecule has 154 valence electrons. The van der Waals surface area contributed by atoms with Gasteiger partial charge in [0.05, 0.1) is 5.39 Å². The first-order chi connectivity index (χ1) is 13.9. The zero-order valence-electron chi connectivity index (χ0n) is 17.3. The Morgan fingerprint density at radius 1 is 1.21 bits per heavy atom. The first-order valence-corrected chi connectivity index (χ1v) is 10.5. The smallest absolute Gasteiger partial charge is 0.245 e. The van der Waals surface area contributed by atoms with Gasteiger partial charge in [-0.1, -0.05) is 20.4 Å². The number of H-pyrrole nitrogens is 1. The normalized spacial score (nSPS) is 30.1. The molecule has 2 atom stereocenters. The molecule has 3 fully saturated rings. The molecule has 29 heavy (non-hydrogen) atoms. The molecule has 2 aromatic rings. The van der Waals surface area contributed by atoms with E-state index in [0.717, 1.165) is 69.1 Å². The number of hydrogen-bond donors (Lipinski definition) is 1. The zero-order chi connectivity index (χ0) is 20.2. The van der Waals surface area contributed by atoms with Crippen molar-refractivity contribution in [3.63, 3.8) is 0 Å². The Morgan fingerprint density at radius 2 is 1.90 bits per heavy atom. The molecule has 1 amide bonds. The van der Waals surface area contributed by atoms with E-state index in [1.165, 1.54) is 11.6 Å². The average Bonchev–Trinajstić information content (AvgIpc) is 3.34. The summed E-state index contributed by atoms with van der Waals surface area (Å²) in [4.78, 5) is 29.2. The molecule has 0 aromatic carbocycles. The largest absolute Gasteiger partial charge is 0.381 e. The third-order valence-corrected chi connectivity index (χ3v) is 7.54. The third kappa shape index (κ3) is 2.78. The molecule has 5 rings (SSSR count). The highest BCUT2D eigenvalue weighted by Gasteiger charge is 2.58. The summed E-state index contributed by atoms with van der Waals surface area (Å²) >= 11 is 0. The van der Waals surface area contributed by atoms with Crippen LogP contribution in [0.15, 0.2) is 25.2 Å². The minimum Gasteiger partial charge on any atom is -0.381 e. The van der Waals surface area contributed by atoms with Gasteiger partial charge in [-0.3, -0.25) is 4.79 Å². The maximum absolute atomic E-state index is 12.2. The van der Waals surface area contributed by atoms with Crippen LogP contribution in [0.1, 0.15) is 38.2 Å². The van der Waals surface area contributed by atoms with Crippen molar-refractivity contribution in [1.29, 1.82) is 0 Å². The van der Waals surface area contributed by atoms with E-state index in [2.05, 4.69) is 41.5 Å². The lowest BCUT2D eigenvalue weighted by Crippen LogP contribution is -2.35. The van der Waals surface area contributed by atoms with E-state index in [1.807, 2.05) is 4.90 Å². The summed E-state index contributed by atoms with van der Waals surface area (Å²) in [6.45, 7) is 13.2. The van der Waals surface area contributed by atoms with Gasteiger partial charge in [-0.25, -0.2) is 9.97 Å². The van der Waals surface area contributed by atoms with Crippen LogP contribution in [0.5, 0.6) is 0 Å². The standard InChI is InChI=1S/C22H29N5O2/c1-4-17(28)26-10-21(2)12-27(13-22(21,3)11-26)20-18-16(15-5-7-29-8-6-15)9-23-19(18)24-14-25-20/h4,9,14-15H,1,5-8,10-13H2,2-3H3,(H,23,24,25)/t21-,22+. The van der Waals surface area contributed by atoms with Crippen molar-refractivity contribution in [2.45, 2.75) is 32.6 Å². The third-order valence-electron chi connectivity index (χ3n) is 7.54. The van der Waals surface area contributed by atoms with E-state index in [4.69, 9.17) is 9.72 Å². The molecule has 3 saturated heterocycles. The molecule has 0 unspecified atom stereocenters. The number of aromatic nitrogens is 3. The molecule has 0 aliphatic carbocycles. The number of carbonyl (C=O) groups is 1. The molecule has 3 aliphatic rings. The zero-order valence-corrected chi connectivity index (χ0v) is 17.3. The van der Waals surface area contributed by atoms with Crippen molar-refractivity contribution < 1.29 is 9.53 Å². The summed E-state index contributed by atoms with van der Waals surface area (Å²) in [6.07, 6.45) is 7.28. The van der Waals surface area contributed by atoms with E-state index in [1.54, 1.807) is 6.33 Å². The van der Waals surface area contributed by atoms with Crippen molar-refractivity contribution in [3.8, 4) is 0 Å². The van der Waals surface area contributed by atoms with Crippen LogP contribution >= 0.6 is 0 Å². The lowest BCUT2D eigenvalue weighted by atomic mass is 9.71. The molecular weight excluding hydrogens is 366 g/mol. The summed E-state index contributed by atoms with van der Waals surface area (Å²) in [6, 6.07) is 0. The Morgan fingerprint density at radius 3 is 2.55 bits per heavy atom. The summed E-state index contributed by atoms with van der Waals surface area (Å²) in [7, 11) is 0. The van der Waals surface area contributed by atoms with E-state index in [0.29, 0.717) is 5.92 Å². The summed E-state index contributed by atoms with van der Waals surface area (Å²) in [5, 5.41) is 1.16. The minimum atomic E-state index is 0.0259. The predicted octanol–water partition coefficient (Wildman–Crippen LogP) is 2.71. The quantitative estimate of drug-likeness (QED) is 0.809. The van der Waals surface area contributed by atoms with Gasteiger partial charge in [-0.05, 0) is 30.4 Å². The van der Waals surface area contributed by atoms with Gasteiger partial charge in [-0.15, -0.1) is 0 Å². The number of rotatable bonds is 3. The monoisotopic (exact) mass is 395 g/mol. The van der Waals surface area contributed by atoms with E-state index in [-0.39, 0.29) is 16.7 Å². The van der Waals surface area contributed by atoms with Crippen LogP contribution in [0.25, 0.3) is 11.0 Å². The van der Waals surface area contributed by atoms with Crippen LogP contribution in [0.3, 0.4) is 0 Å². The Kier molecular flexibility index (Phi) is 4.21. The number of aromatic amines is 1. The van der Waals surface area contributed by atoms with Gasteiger partial charge in [0.1, 0.15) is 17.8 Å². The van der Waals surface area contributed by atoms with Gasteiger partial charge in [0.15, 0.2) is 0 Å². The molecule has 1 N–H and O–H groups in total. The fourth-order valence-electron chi connectivity index (χ4n) is 5.64. The van der Waals surface area contributed by atoms with Gasteiger partial charge in [0, 0.05) is 56.4 Å². The lowest BCUT2D eigenvalue weighted by Gasteiger charge is -2.29. The number of fused-ring (bicyclic) bond motifs is 2. The lowest BCUT2D eigenvalue weighted by molar-refractivity contribution is -0.125. The van der Waals surface area contributed by atoms with Gasteiger partial charge >= 0.3 is 0 Å². The number of carbonyl (C=O) groups excluding carboxylic acids is 1. The number of ether oxygens (including phenoxy) is 1. The van der Waals surface area contributed by atoms with Gasteiger partial charge in [-0.2, -0.15) is 0 Å². The van der Waals surface area contributed by atoms with Crippen LogP contribution in [0.4, 0.5) is 5.82 Å². The van der Waals surface area contributed by atoms with Crippen molar-refractivity contribution in [2.75, 3.05) is 44.3 Å². The van der Waals surface area contributed by atoms with Crippen LogP contribution in [0, 0.1) is 10.8 Å². The average molecular weight is 396 g/mol. The molecular formula is C22H29N5O2. The Hall–Kier alpha value is -2.41. The molecule has 0 bridgehead atoms. The van der Waals surface area contributed by atoms with Gasteiger partial charge < -0.3 is 19.5 Å². The molecule has 2 aromatic heterocycles. The second-order valence-corrected chi connectivity index (χ2v) is 9.43. The Labute approximate surface area is 171 Å². The predicted molar refractivity (Wildman–Crippen MR) is 112 cm³/mol. The van der Waals surface area contributed by atoms with E-state index >= 15 is 0 Å². The van der Waals surface area contributed by atoms with Crippen molar-refractivity contribution in [3.05, 3.63) is 30.7 Å². The van der Waals surface area contributed by atoms with Crippen LogP contribution in [-0.4, -0.2) is 65.2 Å². The minimum absolute atomic E-state index is 0.0259. The molecule has 3 aliphatic heterocycles. The molecule has 0 radical (unpaired) electrons. The molecule has 0 saturated carbocycles. The number of nitrogens with one attached hydrogen (secondary N) is 1. The molecule has 5 heterocycles. The fraction of sp³-hybridized carbons (Fsp3) is 0.591. The van der Waals surface area contributed by atoms with Crippen molar-refractivity contribution in [2.24, 2.45) is 10.8 Å². The number of hydrogen-bond acceptors (Lipinski definition) is 5. The van der Waals surface area contributed by atoms with Crippen LogP contribution < -0.4 is 4.90 Å². The van der Waals surface area contributed by atoms with Crippen molar-refractivity contribution in [1.82, 2.24) is 19.9 Å². The van der Waals surface area contributed by atoms with E-state index in [9.17, 15) is 4.79 Å². The SMILES string of the molecule is C=CC(=O)N1C[C@@]2(C)CN(c3ncnc4[nH]cc(C5CCOCC5)c34)C[C@@]2(C)C1. The topological polar surface area (TPSA) is 74.4 Å². The molecule has 7 heteroatoms. The first-order valence-electron chi connectivity index (χ1n) is 10.5. The van der Waals surface area contributed by atoms with Gasteiger partial charge in [0.25, 0.3) is 0 Å². The molecule has 0 spiro atoms. The number of nitrogens with zero attached hydrogens (tertiary/aromatic N) is 4. The maximum atomic E-state index is 12.2.